The first-order chi connectivity index (χ1) is 8.34. The summed E-state index contributed by atoms with van der Waals surface area (Å²) in [6, 6.07) is 6.26. The second kappa shape index (κ2) is 9.10. The highest BCUT2D eigenvalue weighted by atomic mass is 16.5. The van der Waals surface area contributed by atoms with E-state index in [1.54, 1.807) is 7.11 Å². The molecule has 0 aliphatic carbocycles. The Balaban J connectivity index is 2.03. The van der Waals surface area contributed by atoms with Gasteiger partial charge < -0.3 is 14.8 Å². The first kappa shape index (κ1) is 14.1. The fraction of sp³-hybridized carbons (Fsp3) is 0.615. The zero-order chi connectivity index (χ0) is 12.3. The van der Waals surface area contributed by atoms with E-state index in [9.17, 15) is 0 Å². The smallest absolute Gasteiger partial charge is 0.0700 e. The fourth-order valence-electron chi connectivity index (χ4n) is 1.47. The lowest BCUT2D eigenvalue weighted by atomic mass is 10.2. The molecule has 1 N–H and O–H groups in total. The maximum Gasteiger partial charge on any atom is 0.0700 e. The van der Waals surface area contributed by atoms with Gasteiger partial charge in [-0.15, -0.1) is 0 Å². The molecule has 0 aromatic carbocycles. The van der Waals surface area contributed by atoms with Gasteiger partial charge in [0.05, 0.1) is 18.9 Å². The molecule has 0 radical (unpaired) electrons. The van der Waals surface area contributed by atoms with Gasteiger partial charge >= 0.3 is 0 Å². The quantitative estimate of drug-likeness (QED) is 0.666. The SMILES string of the molecule is COCCOCCCN[C@H](C)c1ccccn1. The topological polar surface area (TPSA) is 43.4 Å². The molecule has 0 amide bonds. The monoisotopic (exact) mass is 238 g/mol. The molecule has 1 heterocycles. The number of rotatable bonds is 9. The molecule has 0 unspecified atom stereocenters. The van der Waals surface area contributed by atoms with E-state index in [-0.39, 0.29) is 6.04 Å². The van der Waals surface area contributed by atoms with Gasteiger partial charge in [-0.05, 0) is 32.0 Å². The Bertz CT molecular complexity index is 280. The van der Waals surface area contributed by atoms with Gasteiger partial charge in [-0.2, -0.15) is 0 Å². The van der Waals surface area contributed by atoms with Crippen LogP contribution in [0.15, 0.2) is 24.4 Å². The lowest BCUT2D eigenvalue weighted by Gasteiger charge is -2.12. The third-order valence-electron chi connectivity index (χ3n) is 2.48. The number of methoxy groups -OCH3 is 1. The van der Waals surface area contributed by atoms with Gasteiger partial charge in [-0.3, -0.25) is 4.98 Å². The van der Waals surface area contributed by atoms with E-state index in [1.807, 2.05) is 24.4 Å². The standard InChI is InChI=1S/C13H22N2O2/c1-12(13-6-3-4-7-15-13)14-8-5-9-17-11-10-16-2/h3-4,6-7,12,14H,5,8-11H2,1-2H3/t12-/m1/s1. The van der Waals surface area contributed by atoms with E-state index in [2.05, 4.69) is 17.2 Å². The molecule has 0 aliphatic rings. The third kappa shape index (κ3) is 6.36. The molecular weight excluding hydrogens is 216 g/mol. The maximum atomic E-state index is 5.38. The summed E-state index contributed by atoms with van der Waals surface area (Å²) in [7, 11) is 1.68. The lowest BCUT2D eigenvalue weighted by Crippen LogP contribution is -2.21. The molecule has 1 aromatic heterocycles. The molecule has 0 saturated heterocycles. The van der Waals surface area contributed by atoms with Crippen molar-refractivity contribution in [2.45, 2.75) is 19.4 Å². The molecule has 96 valence electrons. The summed E-state index contributed by atoms with van der Waals surface area (Å²) in [5, 5.41) is 3.42. The van der Waals surface area contributed by atoms with Crippen molar-refractivity contribution in [1.82, 2.24) is 10.3 Å². The van der Waals surface area contributed by atoms with Crippen LogP contribution in [0, 0.1) is 0 Å². The van der Waals surface area contributed by atoms with E-state index in [1.165, 1.54) is 0 Å². The lowest BCUT2D eigenvalue weighted by molar-refractivity contribution is 0.0693. The highest BCUT2D eigenvalue weighted by Crippen LogP contribution is 2.07. The summed E-state index contributed by atoms with van der Waals surface area (Å²) < 4.78 is 10.3. The van der Waals surface area contributed by atoms with Crippen LogP contribution in [0.1, 0.15) is 25.1 Å². The highest BCUT2D eigenvalue weighted by Gasteiger charge is 2.03. The van der Waals surface area contributed by atoms with Gasteiger partial charge in [-0.1, -0.05) is 6.07 Å². The molecule has 1 aromatic rings. The Labute approximate surface area is 103 Å². The van der Waals surface area contributed by atoms with E-state index in [0.717, 1.165) is 25.3 Å². The number of nitrogens with zero attached hydrogens (tertiary/aromatic N) is 1. The van der Waals surface area contributed by atoms with Crippen LogP contribution >= 0.6 is 0 Å². The molecule has 0 fully saturated rings. The van der Waals surface area contributed by atoms with E-state index in [4.69, 9.17) is 9.47 Å². The summed E-state index contributed by atoms with van der Waals surface area (Å²) in [6.07, 6.45) is 2.82. The van der Waals surface area contributed by atoms with Crippen molar-refractivity contribution in [3.8, 4) is 0 Å². The third-order valence-corrected chi connectivity index (χ3v) is 2.48. The largest absolute Gasteiger partial charge is 0.382 e. The predicted molar refractivity (Wildman–Crippen MR) is 68.0 cm³/mol. The van der Waals surface area contributed by atoms with Crippen LogP contribution in [0.3, 0.4) is 0 Å². The van der Waals surface area contributed by atoms with Crippen LogP contribution in [0.5, 0.6) is 0 Å². The molecule has 1 atom stereocenters. The van der Waals surface area contributed by atoms with Crippen molar-refractivity contribution in [2.75, 3.05) is 33.5 Å². The summed E-state index contributed by atoms with van der Waals surface area (Å²) in [5.41, 5.74) is 1.08. The Morgan fingerprint density at radius 1 is 1.29 bits per heavy atom. The summed E-state index contributed by atoms with van der Waals surface area (Å²) in [5.74, 6) is 0. The first-order valence-corrected chi connectivity index (χ1v) is 6.05. The van der Waals surface area contributed by atoms with Crippen LogP contribution in [-0.2, 0) is 9.47 Å². The van der Waals surface area contributed by atoms with Crippen molar-refractivity contribution in [3.05, 3.63) is 30.1 Å². The Kier molecular flexibility index (Phi) is 7.54. The van der Waals surface area contributed by atoms with Crippen LogP contribution in [-0.4, -0.2) is 38.5 Å². The first-order valence-electron chi connectivity index (χ1n) is 6.05. The van der Waals surface area contributed by atoms with Gasteiger partial charge in [0.25, 0.3) is 0 Å². The molecule has 4 nitrogen and oxygen atoms in total. The van der Waals surface area contributed by atoms with Crippen molar-refractivity contribution >= 4 is 0 Å². The zero-order valence-electron chi connectivity index (χ0n) is 10.7. The maximum absolute atomic E-state index is 5.38. The molecule has 0 aliphatic heterocycles. The van der Waals surface area contributed by atoms with Crippen molar-refractivity contribution < 1.29 is 9.47 Å². The minimum Gasteiger partial charge on any atom is -0.382 e. The van der Waals surface area contributed by atoms with Crippen molar-refractivity contribution in [2.24, 2.45) is 0 Å². The normalized spacial score (nSPS) is 12.6. The summed E-state index contributed by atoms with van der Waals surface area (Å²) in [4.78, 5) is 4.31. The summed E-state index contributed by atoms with van der Waals surface area (Å²) in [6.45, 7) is 5.16. The Morgan fingerprint density at radius 2 is 2.18 bits per heavy atom. The highest BCUT2D eigenvalue weighted by molar-refractivity contribution is 5.07. The average Bonchev–Trinajstić information content (AvgIpc) is 2.38. The van der Waals surface area contributed by atoms with E-state index in [0.29, 0.717) is 13.2 Å². The van der Waals surface area contributed by atoms with Crippen LogP contribution in [0.25, 0.3) is 0 Å². The molecule has 0 saturated carbocycles. The minimum atomic E-state index is 0.287. The molecule has 0 spiro atoms. The van der Waals surface area contributed by atoms with Crippen molar-refractivity contribution in [3.63, 3.8) is 0 Å². The number of aromatic nitrogens is 1. The zero-order valence-corrected chi connectivity index (χ0v) is 10.7. The van der Waals surface area contributed by atoms with E-state index < -0.39 is 0 Å². The second-order valence-corrected chi connectivity index (χ2v) is 3.89. The van der Waals surface area contributed by atoms with Crippen LogP contribution in [0.2, 0.25) is 0 Å². The molecule has 0 bridgehead atoms. The molecule has 1 rings (SSSR count). The van der Waals surface area contributed by atoms with Crippen molar-refractivity contribution in [1.29, 1.82) is 0 Å². The minimum absolute atomic E-state index is 0.287. The molecule has 4 heteroatoms. The number of hydrogen-bond acceptors (Lipinski definition) is 4. The van der Waals surface area contributed by atoms with Gasteiger partial charge in [0.15, 0.2) is 0 Å². The Hall–Kier alpha value is -0.970. The number of pyridine rings is 1. The number of hydrogen-bond donors (Lipinski definition) is 1. The van der Waals surface area contributed by atoms with Gasteiger partial charge in [0.2, 0.25) is 0 Å². The second-order valence-electron chi connectivity index (χ2n) is 3.89. The Morgan fingerprint density at radius 3 is 2.88 bits per heavy atom. The number of ether oxygens (including phenoxy) is 2. The molecular formula is C13H22N2O2. The van der Waals surface area contributed by atoms with Gasteiger partial charge in [-0.25, -0.2) is 0 Å². The van der Waals surface area contributed by atoms with E-state index >= 15 is 0 Å². The predicted octanol–water partition coefficient (Wildman–Crippen LogP) is 1.79. The van der Waals surface area contributed by atoms with Gasteiger partial charge in [0, 0.05) is 26.0 Å². The summed E-state index contributed by atoms with van der Waals surface area (Å²) >= 11 is 0. The van der Waals surface area contributed by atoms with Gasteiger partial charge in [0.1, 0.15) is 0 Å². The van der Waals surface area contributed by atoms with Crippen LogP contribution < -0.4 is 5.32 Å². The molecule has 17 heavy (non-hydrogen) atoms. The fourth-order valence-corrected chi connectivity index (χ4v) is 1.47. The average molecular weight is 238 g/mol. The number of nitrogens with one attached hydrogen (secondary N) is 1. The van der Waals surface area contributed by atoms with Crippen LogP contribution in [0.4, 0.5) is 0 Å².